The van der Waals surface area contributed by atoms with Crippen LogP contribution in [0.2, 0.25) is 0 Å². The fourth-order valence-electron chi connectivity index (χ4n) is 1.42. The molecule has 0 amide bonds. The lowest BCUT2D eigenvalue weighted by atomic mass is 10.3. The molecule has 1 saturated heterocycles. The predicted octanol–water partition coefficient (Wildman–Crippen LogP) is 0.966. The Morgan fingerprint density at radius 3 is 2.58 bits per heavy atom. The highest BCUT2D eigenvalue weighted by Crippen LogP contribution is 2.01. The van der Waals surface area contributed by atoms with E-state index in [9.17, 15) is 0 Å². The molecule has 0 spiro atoms. The van der Waals surface area contributed by atoms with Crippen molar-refractivity contribution in [3.05, 3.63) is 0 Å². The van der Waals surface area contributed by atoms with E-state index < -0.39 is 0 Å². The van der Waals surface area contributed by atoms with Crippen molar-refractivity contribution in [2.75, 3.05) is 39.9 Å². The van der Waals surface area contributed by atoms with Crippen LogP contribution in [0.25, 0.3) is 0 Å². The van der Waals surface area contributed by atoms with Gasteiger partial charge in [-0.2, -0.15) is 0 Å². The van der Waals surface area contributed by atoms with Crippen LogP contribution in [0.5, 0.6) is 0 Å². The van der Waals surface area contributed by atoms with Gasteiger partial charge < -0.3 is 4.74 Å². The van der Waals surface area contributed by atoms with Gasteiger partial charge in [0, 0.05) is 26.7 Å². The largest absolute Gasteiger partial charge is 0.379 e. The molecule has 1 aliphatic heterocycles. The summed E-state index contributed by atoms with van der Waals surface area (Å²) >= 11 is 0. The number of morpholine rings is 1. The van der Waals surface area contributed by atoms with Crippen LogP contribution in [0.15, 0.2) is 0 Å². The van der Waals surface area contributed by atoms with Crippen LogP contribution in [0, 0.1) is 0 Å². The van der Waals surface area contributed by atoms with Crippen molar-refractivity contribution in [2.45, 2.75) is 19.8 Å². The maximum atomic E-state index is 5.29. The molecule has 72 valence electrons. The van der Waals surface area contributed by atoms with E-state index in [1.807, 2.05) is 0 Å². The van der Waals surface area contributed by atoms with E-state index in [1.54, 1.807) is 0 Å². The average molecular weight is 172 g/mol. The molecule has 0 N–H and O–H groups in total. The molecule has 1 fully saturated rings. The molecule has 1 rings (SSSR count). The van der Waals surface area contributed by atoms with Gasteiger partial charge in [-0.3, -0.25) is 0 Å². The van der Waals surface area contributed by atoms with E-state index >= 15 is 0 Å². The summed E-state index contributed by atoms with van der Waals surface area (Å²) in [4.78, 5) is 0. The van der Waals surface area contributed by atoms with E-state index in [-0.39, 0.29) is 0 Å². The molecule has 1 aliphatic rings. The second kappa shape index (κ2) is 5.51. The molecule has 0 unspecified atom stereocenters. The van der Waals surface area contributed by atoms with Crippen molar-refractivity contribution in [3.63, 3.8) is 0 Å². The van der Waals surface area contributed by atoms with Gasteiger partial charge in [-0.05, 0) is 6.42 Å². The van der Waals surface area contributed by atoms with Crippen LogP contribution in [-0.2, 0) is 4.74 Å². The summed E-state index contributed by atoms with van der Waals surface area (Å²) in [5, 5.41) is 4.70. The first-order chi connectivity index (χ1) is 5.84. The molecule has 0 aliphatic carbocycles. The van der Waals surface area contributed by atoms with Crippen LogP contribution in [0.1, 0.15) is 19.8 Å². The van der Waals surface area contributed by atoms with E-state index in [2.05, 4.69) is 24.0 Å². The second-order valence-corrected chi connectivity index (χ2v) is 3.30. The SMILES string of the molecule is CCCCN(C)N1CCOCC1. The van der Waals surface area contributed by atoms with Gasteiger partial charge in [-0.25, -0.2) is 10.0 Å². The standard InChI is InChI=1S/C9H20N2O/c1-3-4-5-10(2)11-6-8-12-9-7-11/h3-9H2,1-2H3. The van der Waals surface area contributed by atoms with Gasteiger partial charge in [0.2, 0.25) is 0 Å². The number of nitrogens with zero attached hydrogens (tertiary/aromatic N) is 2. The Balaban J connectivity index is 2.15. The van der Waals surface area contributed by atoms with Gasteiger partial charge in [0.15, 0.2) is 0 Å². The molecule has 0 aromatic carbocycles. The van der Waals surface area contributed by atoms with Gasteiger partial charge in [0.1, 0.15) is 0 Å². The van der Waals surface area contributed by atoms with Gasteiger partial charge in [-0.15, -0.1) is 0 Å². The molecule has 1 heterocycles. The molecule has 12 heavy (non-hydrogen) atoms. The van der Waals surface area contributed by atoms with Crippen LogP contribution in [0.3, 0.4) is 0 Å². The molecule has 0 atom stereocenters. The van der Waals surface area contributed by atoms with Crippen LogP contribution >= 0.6 is 0 Å². The van der Waals surface area contributed by atoms with Crippen molar-refractivity contribution >= 4 is 0 Å². The molecular formula is C9H20N2O. The van der Waals surface area contributed by atoms with Crippen molar-refractivity contribution < 1.29 is 4.74 Å². The fourth-order valence-corrected chi connectivity index (χ4v) is 1.42. The van der Waals surface area contributed by atoms with Gasteiger partial charge in [0.05, 0.1) is 13.2 Å². The van der Waals surface area contributed by atoms with Gasteiger partial charge >= 0.3 is 0 Å². The van der Waals surface area contributed by atoms with Gasteiger partial charge in [-0.1, -0.05) is 13.3 Å². The lowest BCUT2D eigenvalue weighted by Gasteiger charge is -2.34. The summed E-state index contributed by atoms with van der Waals surface area (Å²) in [6.07, 6.45) is 2.56. The first kappa shape index (κ1) is 9.96. The molecule has 3 nitrogen and oxygen atoms in total. The lowest BCUT2D eigenvalue weighted by molar-refractivity contribution is -0.0757. The lowest BCUT2D eigenvalue weighted by Crippen LogP contribution is -2.47. The van der Waals surface area contributed by atoms with Crippen LogP contribution in [-0.4, -0.2) is 49.9 Å². The quantitative estimate of drug-likeness (QED) is 0.628. The van der Waals surface area contributed by atoms with Crippen molar-refractivity contribution in [1.82, 2.24) is 10.0 Å². The number of hydrazine groups is 1. The Morgan fingerprint density at radius 2 is 2.00 bits per heavy atom. The summed E-state index contributed by atoms with van der Waals surface area (Å²) in [5.74, 6) is 0. The highest BCUT2D eigenvalue weighted by molar-refractivity contribution is 4.58. The Labute approximate surface area is 75.3 Å². The maximum Gasteiger partial charge on any atom is 0.0608 e. The average Bonchev–Trinajstić information content (AvgIpc) is 2.15. The molecule has 0 saturated carbocycles. The highest BCUT2D eigenvalue weighted by Gasteiger charge is 2.13. The van der Waals surface area contributed by atoms with Crippen molar-refractivity contribution in [2.24, 2.45) is 0 Å². The zero-order valence-electron chi connectivity index (χ0n) is 8.25. The minimum absolute atomic E-state index is 0.885. The molecule has 0 radical (unpaired) electrons. The third kappa shape index (κ3) is 3.09. The molecule has 0 aromatic rings. The summed E-state index contributed by atoms with van der Waals surface area (Å²) in [6.45, 7) is 7.29. The molecule has 3 heteroatoms. The summed E-state index contributed by atoms with van der Waals surface area (Å²) < 4.78 is 5.29. The van der Waals surface area contributed by atoms with Crippen molar-refractivity contribution in [1.29, 1.82) is 0 Å². The third-order valence-corrected chi connectivity index (χ3v) is 2.31. The first-order valence-corrected chi connectivity index (χ1v) is 4.88. The smallest absolute Gasteiger partial charge is 0.0608 e. The van der Waals surface area contributed by atoms with E-state index in [1.165, 1.54) is 19.4 Å². The van der Waals surface area contributed by atoms with E-state index in [4.69, 9.17) is 4.74 Å². The number of hydrogen-bond acceptors (Lipinski definition) is 3. The number of ether oxygens (including phenoxy) is 1. The molecule has 0 bridgehead atoms. The monoisotopic (exact) mass is 172 g/mol. The Kier molecular flexibility index (Phi) is 4.58. The van der Waals surface area contributed by atoms with Crippen LogP contribution < -0.4 is 0 Å². The Morgan fingerprint density at radius 1 is 1.33 bits per heavy atom. The van der Waals surface area contributed by atoms with E-state index in [0.29, 0.717) is 0 Å². The minimum Gasteiger partial charge on any atom is -0.379 e. The zero-order chi connectivity index (χ0) is 8.81. The molecule has 0 aromatic heterocycles. The highest BCUT2D eigenvalue weighted by atomic mass is 16.5. The summed E-state index contributed by atoms with van der Waals surface area (Å²) in [7, 11) is 2.17. The van der Waals surface area contributed by atoms with Crippen molar-refractivity contribution in [3.8, 4) is 0 Å². The fraction of sp³-hybridized carbons (Fsp3) is 1.00. The predicted molar refractivity (Wildman–Crippen MR) is 49.9 cm³/mol. The topological polar surface area (TPSA) is 15.7 Å². The summed E-state index contributed by atoms with van der Waals surface area (Å²) in [5.41, 5.74) is 0. The second-order valence-electron chi connectivity index (χ2n) is 3.30. The third-order valence-electron chi connectivity index (χ3n) is 2.31. The number of rotatable bonds is 4. The van der Waals surface area contributed by atoms with Crippen LogP contribution in [0.4, 0.5) is 0 Å². The normalized spacial score (nSPS) is 20.2. The summed E-state index contributed by atoms with van der Waals surface area (Å²) in [6, 6.07) is 0. The Hall–Kier alpha value is -0.120. The van der Waals surface area contributed by atoms with E-state index in [0.717, 1.165) is 26.3 Å². The Bertz CT molecular complexity index is 113. The van der Waals surface area contributed by atoms with Gasteiger partial charge in [0.25, 0.3) is 0 Å². The maximum absolute atomic E-state index is 5.29. The minimum atomic E-state index is 0.885. The number of unbranched alkanes of at least 4 members (excludes halogenated alkanes) is 1. The zero-order valence-corrected chi connectivity index (χ0v) is 8.25. The number of hydrogen-bond donors (Lipinski definition) is 0. The first-order valence-electron chi connectivity index (χ1n) is 4.88. The molecular weight excluding hydrogens is 152 g/mol.